The number of fused-ring (bicyclic) bond motifs is 5. The molecule has 4 heteroatoms. The van der Waals surface area contributed by atoms with Crippen molar-refractivity contribution in [2.24, 2.45) is 0 Å². The molecule has 116 valence electrons. The van der Waals surface area contributed by atoms with Crippen LogP contribution in [-0.4, -0.2) is 14.4 Å². The molecular formula is C21H12N4. The highest BCUT2D eigenvalue weighted by Gasteiger charge is 2.15. The first-order valence-electron chi connectivity index (χ1n) is 7.99. The molecule has 0 saturated heterocycles. The fourth-order valence-corrected chi connectivity index (χ4v) is 3.25. The lowest BCUT2D eigenvalue weighted by molar-refractivity contribution is 1.24. The number of para-hydroxylation sites is 2. The molecule has 0 atom stereocenters. The molecule has 0 aliphatic carbocycles. The number of hydrogen-bond donors (Lipinski definition) is 0. The summed E-state index contributed by atoms with van der Waals surface area (Å²) in [6, 6.07) is 23.8. The summed E-state index contributed by atoms with van der Waals surface area (Å²) in [5.74, 6) is 0. The zero-order chi connectivity index (χ0) is 16.8. The van der Waals surface area contributed by atoms with Gasteiger partial charge >= 0.3 is 0 Å². The van der Waals surface area contributed by atoms with Gasteiger partial charge in [0.25, 0.3) is 0 Å². The highest BCUT2D eigenvalue weighted by Crippen LogP contribution is 2.31. The third kappa shape index (κ3) is 2.00. The van der Waals surface area contributed by atoms with Crippen LogP contribution >= 0.6 is 0 Å². The maximum atomic E-state index is 7.24. The molecule has 3 aromatic carbocycles. The number of imidazole rings is 1. The van der Waals surface area contributed by atoms with Crippen molar-refractivity contribution in [1.29, 1.82) is 0 Å². The van der Waals surface area contributed by atoms with Gasteiger partial charge in [0.15, 0.2) is 11.3 Å². The summed E-state index contributed by atoms with van der Waals surface area (Å²) < 4.78 is 2.13. The highest BCUT2D eigenvalue weighted by molar-refractivity contribution is 5.95. The van der Waals surface area contributed by atoms with E-state index < -0.39 is 0 Å². The van der Waals surface area contributed by atoms with Crippen molar-refractivity contribution in [3.05, 3.63) is 84.2 Å². The minimum absolute atomic E-state index is 0.592. The van der Waals surface area contributed by atoms with Gasteiger partial charge in [0.2, 0.25) is 0 Å². The van der Waals surface area contributed by atoms with Gasteiger partial charge in [0, 0.05) is 5.56 Å². The number of benzene rings is 3. The van der Waals surface area contributed by atoms with Gasteiger partial charge in [-0.1, -0.05) is 48.5 Å². The monoisotopic (exact) mass is 320 g/mol. The molecule has 5 aromatic rings. The molecule has 0 aliphatic rings. The summed E-state index contributed by atoms with van der Waals surface area (Å²) in [4.78, 5) is 13.2. The molecule has 25 heavy (non-hydrogen) atoms. The fraction of sp³-hybridized carbons (Fsp3) is 0. The molecule has 0 saturated carbocycles. The quantitative estimate of drug-likeness (QED) is 0.395. The van der Waals surface area contributed by atoms with E-state index in [9.17, 15) is 0 Å². The third-order valence-electron chi connectivity index (χ3n) is 4.38. The van der Waals surface area contributed by atoms with Crippen molar-refractivity contribution in [3.8, 4) is 11.3 Å². The van der Waals surface area contributed by atoms with Gasteiger partial charge in [-0.15, -0.1) is 0 Å². The number of aromatic nitrogens is 3. The number of hydrogen-bond acceptors (Lipinski definition) is 2. The average molecular weight is 320 g/mol. The van der Waals surface area contributed by atoms with Crippen LogP contribution in [0.4, 0.5) is 5.69 Å². The second-order valence-electron chi connectivity index (χ2n) is 5.87. The van der Waals surface area contributed by atoms with Crippen molar-refractivity contribution in [2.75, 3.05) is 0 Å². The van der Waals surface area contributed by atoms with Gasteiger partial charge in [-0.2, -0.15) is 0 Å². The normalized spacial score (nSPS) is 11.2. The lowest BCUT2D eigenvalue weighted by Gasteiger charge is -2.08. The number of nitrogens with zero attached hydrogens (tertiary/aromatic N) is 4. The van der Waals surface area contributed by atoms with Crippen LogP contribution in [-0.2, 0) is 0 Å². The zero-order valence-electron chi connectivity index (χ0n) is 13.2. The van der Waals surface area contributed by atoms with E-state index in [0.29, 0.717) is 5.69 Å². The first-order valence-corrected chi connectivity index (χ1v) is 7.99. The van der Waals surface area contributed by atoms with E-state index in [1.165, 1.54) is 0 Å². The maximum absolute atomic E-state index is 7.24. The van der Waals surface area contributed by atoms with Gasteiger partial charge in [0.05, 0.1) is 28.6 Å². The number of rotatable bonds is 1. The molecule has 2 heterocycles. The van der Waals surface area contributed by atoms with E-state index in [0.717, 1.165) is 39.0 Å². The Kier molecular flexibility index (Phi) is 2.82. The third-order valence-corrected chi connectivity index (χ3v) is 4.38. The van der Waals surface area contributed by atoms with Crippen LogP contribution in [0.2, 0.25) is 0 Å². The first-order chi connectivity index (χ1) is 12.3. The van der Waals surface area contributed by atoms with Crippen LogP contribution in [0.25, 0.3) is 43.8 Å². The molecular weight excluding hydrogens is 308 g/mol. The molecule has 4 nitrogen and oxygen atoms in total. The molecule has 0 bridgehead atoms. The second-order valence-corrected chi connectivity index (χ2v) is 5.87. The molecule has 0 fully saturated rings. The summed E-state index contributed by atoms with van der Waals surface area (Å²) >= 11 is 0. The Morgan fingerprint density at radius 2 is 1.52 bits per heavy atom. The molecule has 2 aromatic heterocycles. The van der Waals surface area contributed by atoms with E-state index in [2.05, 4.69) is 9.25 Å². The summed E-state index contributed by atoms with van der Waals surface area (Å²) in [5, 5.41) is 0. The Balaban J connectivity index is 2.02. The van der Waals surface area contributed by atoms with Gasteiger partial charge in [0.1, 0.15) is 5.69 Å². The Hall–Kier alpha value is -3.71. The van der Waals surface area contributed by atoms with Crippen LogP contribution in [0.1, 0.15) is 0 Å². The average Bonchev–Trinajstić information content (AvgIpc) is 3.06. The van der Waals surface area contributed by atoms with Crippen molar-refractivity contribution in [1.82, 2.24) is 14.4 Å². The largest absolute Gasteiger partial charge is 0.289 e. The summed E-state index contributed by atoms with van der Waals surface area (Å²) in [7, 11) is 0. The Labute approximate surface area is 143 Å². The fourth-order valence-electron chi connectivity index (χ4n) is 3.25. The molecule has 0 radical (unpaired) electrons. The van der Waals surface area contributed by atoms with E-state index >= 15 is 0 Å². The first kappa shape index (κ1) is 13.7. The smallest absolute Gasteiger partial charge is 0.189 e. The van der Waals surface area contributed by atoms with E-state index in [1.54, 1.807) is 0 Å². The van der Waals surface area contributed by atoms with E-state index in [-0.39, 0.29) is 0 Å². The van der Waals surface area contributed by atoms with Gasteiger partial charge in [-0.3, -0.25) is 4.40 Å². The predicted octanol–water partition coefficient (Wildman–Crippen LogP) is 5.25. The SMILES string of the molecule is [C-]#[N+]c1ccc2c(c1)nc1c(-c3ccccc3)nc3ccccc3n12. The topological polar surface area (TPSA) is 34.5 Å². The van der Waals surface area contributed by atoms with Crippen LogP contribution in [0.3, 0.4) is 0 Å². The lowest BCUT2D eigenvalue weighted by Crippen LogP contribution is -1.95. The predicted molar refractivity (Wildman–Crippen MR) is 99.7 cm³/mol. The molecule has 0 aliphatic heterocycles. The summed E-state index contributed by atoms with van der Waals surface area (Å²) in [6.45, 7) is 7.24. The standard InChI is InChI=1S/C21H12N4/c1-22-15-11-12-19-17(13-15)24-21-20(14-7-3-2-4-8-14)23-16-9-5-6-10-18(16)25(19)21/h2-13H. The molecule has 0 unspecified atom stereocenters. The zero-order valence-corrected chi connectivity index (χ0v) is 13.2. The highest BCUT2D eigenvalue weighted by atomic mass is 15.0. The Morgan fingerprint density at radius 1 is 0.760 bits per heavy atom. The maximum Gasteiger partial charge on any atom is 0.189 e. The van der Waals surface area contributed by atoms with Crippen LogP contribution in [0.5, 0.6) is 0 Å². The van der Waals surface area contributed by atoms with Crippen molar-refractivity contribution < 1.29 is 0 Å². The Morgan fingerprint density at radius 3 is 2.36 bits per heavy atom. The molecule has 0 spiro atoms. The van der Waals surface area contributed by atoms with Gasteiger partial charge in [-0.25, -0.2) is 14.8 Å². The minimum atomic E-state index is 0.592. The molecule has 5 rings (SSSR count). The van der Waals surface area contributed by atoms with Crippen molar-refractivity contribution in [2.45, 2.75) is 0 Å². The van der Waals surface area contributed by atoms with Crippen molar-refractivity contribution >= 4 is 33.4 Å². The van der Waals surface area contributed by atoms with Crippen LogP contribution < -0.4 is 0 Å². The second kappa shape index (κ2) is 5.15. The van der Waals surface area contributed by atoms with Crippen molar-refractivity contribution in [3.63, 3.8) is 0 Å². The van der Waals surface area contributed by atoms with Gasteiger partial charge in [-0.05, 0) is 24.3 Å². The van der Waals surface area contributed by atoms with E-state index in [1.807, 2.05) is 72.8 Å². The minimum Gasteiger partial charge on any atom is -0.289 e. The summed E-state index contributed by atoms with van der Waals surface area (Å²) in [5.41, 5.74) is 7.00. The van der Waals surface area contributed by atoms with Crippen LogP contribution in [0, 0.1) is 6.57 Å². The van der Waals surface area contributed by atoms with Crippen LogP contribution in [0.15, 0.2) is 72.8 Å². The molecule has 0 amide bonds. The lowest BCUT2D eigenvalue weighted by atomic mass is 10.1. The summed E-state index contributed by atoms with van der Waals surface area (Å²) in [6.07, 6.45) is 0. The van der Waals surface area contributed by atoms with Gasteiger partial charge < -0.3 is 0 Å². The molecule has 0 N–H and O–H groups in total. The Bertz CT molecular complexity index is 1290. The van der Waals surface area contributed by atoms with E-state index in [4.69, 9.17) is 16.5 Å².